The van der Waals surface area contributed by atoms with E-state index in [1.807, 2.05) is 18.2 Å². The van der Waals surface area contributed by atoms with Crippen LogP contribution in [0.4, 0.5) is 0 Å². The molecule has 0 saturated heterocycles. The van der Waals surface area contributed by atoms with Crippen LogP contribution in [0.15, 0.2) is 42.5 Å². The molecule has 120 valence electrons. The predicted molar refractivity (Wildman–Crippen MR) is 85.2 cm³/mol. The highest BCUT2D eigenvalue weighted by molar-refractivity contribution is 6.20. The molecule has 5 heteroatoms. The van der Waals surface area contributed by atoms with Crippen molar-refractivity contribution in [2.24, 2.45) is 0 Å². The number of hydrogen-bond donors (Lipinski definition) is 0. The molecule has 0 atom stereocenters. The maximum absolute atomic E-state index is 12.2. The summed E-state index contributed by atoms with van der Waals surface area (Å²) in [6.07, 6.45) is 3.27. The van der Waals surface area contributed by atoms with Gasteiger partial charge >= 0.3 is 5.97 Å². The van der Waals surface area contributed by atoms with E-state index >= 15 is 0 Å². The Bertz CT molecular complexity index is 836. The van der Waals surface area contributed by atoms with Gasteiger partial charge in [-0.25, -0.2) is 4.79 Å². The topological polar surface area (TPSA) is 63.7 Å². The molecule has 5 nitrogen and oxygen atoms in total. The van der Waals surface area contributed by atoms with Crippen LogP contribution in [0.25, 0.3) is 0 Å². The molecule has 1 aliphatic carbocycles. The molecule has 4 rings (SSSR count). The van der Waals surface area contributed by atoms with Gasteiger partial charge in [0.2, 0.25) is 0 Å². The maximum atomic E-state index is 12.2. The van der Waals surface area contributed by atoms with Crippen LogP contribution >= 0.6 is 0 Å². The van der Waals surface area contributed by atoms with Crippen LogP contribution in [0.3, 0.4) is 0 Å². The van der Waals surface area contributed by atoms with Crippen molar-refractivity contribution in [3.05, 3.63) is 70.3 Å². The van der Waals surface area contributed by atoms with Crippen LogP contribution in [0.5, 0.6) is 0 Å². The molecule has 0 fully saturated rings. The summed E-state index contributed by atoms with van der Waals surface area (Å²) in [6.45, 7) is 0. The summed E-state index contributed by atoms with van der Waals surface area (Å²) >= 11 is 0. The first-order chi connectivity index (χ1) is 11.6. The first-order valence-electron chi connectivity index (χ1n) is 7.93. The average Bonchev–Trinajstić information content (AvgIpc) is 3.14. The number of fused-ring (bicyclic) bond motifs is 2. The molecule has 0 saturated carbocycles. The molecule has 0 unspecified atom stereocenters. The molecule has 0 aromatic heterocycles. The minimum atomic E-state index is -0.623. The third-order valence-corrected chi connectivity index (χ3v) is 4.46. The molecule has 0 radical (unpaired) electrons. The fraction of sp³-hybridized carbons (Fsp3) is 0.211. The number of nitrogens with zero attached hydrogens (tertiary/aromatic N) is 1. The Morgan fingerprint density at radius 2 is 1.62 bits per heavy atom. The Morgan fingerprint density at radius 1 is 0.958 bits per heavy atom. The van der Waals surface area contributed by atoms with Gasteiger partial charge in [-0.2, -0.15) is 0 Å². The van der Waals surface area contributed by atoms with Crippen LogP contribution < -0.4 is 0 Å². The average molecular weight is 321 g/mol. The van der Waals surface area contributed by atoms with E-state index in [0.717, 1.165) is 24.8 Å². The van der Waals surface area contributed by atoms with Crippen LogP contribution in [0.1, 0.15) is 43.8 Å². The normalized spacial score (nSPS) is 15.4. The van der Waals surface area contributed by atoms with Crippen molar-refractivity contribution in [1.82, 2.24) is 5.06 Å². The predicted octanol–water partition coefficient (Wildman–Crippen LogP) is 2.47. The van der Waals surface area contributed by atoms with Gasteiger partial charge in [-0.1, -0.05) is 35.4 Å². The van der Waals surface area contributed by atoms with E-state index in [-0.39, 0.29) is 17.5 Å². The molecule has 24 heavy (non-hydrogen) atoms. The lowest BCUT2D eigenvalue weighted by Gasteiger charge is -2.13. The minimum absolute atomic E-state index is 0.0285. The van der Waals surface area contributed by atoms with Gasteiger partial charge in [0.1, 0.15) is 0 Å². The number of benzene rings is 2. The monoisotopic (exact) mass is 321 g/mol. The fourth-order valence-electron chi connectivity index (χ4n) is 3.29. The summed E-state index contributed by atoms with van der Waals surface area (Å²) in [7, 11) is 0. The van der Waals surface area contributed by atoms with Crippen LogP contribution in [-0.4, -0.2) is 22.8 Å². The molecule has 2 amide bonds. The smallest absolute Gasteiger partial charge is 0.329 e. The SMILES string of the molecule is O=C(Cc1ccc2c(c1)CCC2)ON1C(=O)c2ccccc2C1=O. The zero-order valence-corrected chi connectivity index (χ0v) is 13.0. The van der Waals surface area contributed by atoms with Crippen molar-refractivity contribution in [3.63, 3.8) is 0 Å². The Morgan fingerprint density at radius 3 is 2.33 bits per heavy atom. The zero-order valence-electron chi connectivity index (χ0n) is 13.0. The molecule has 2 aromatic carbocycles. The Labute approximate surface area is 138 Å². The molecule has 1 aliphatic heterocycles. The molecule has 0 spiro atoms. The van der Waals surface area contributed by atoms with Gasteiger partial charge in [0.15, 0.2) is 0 Å². The molecule has 1 heterocycles. The van der Waals surface area contributed by atoms with Crippen LogP contribution in [-0.2, 0) is 28.9 Å². The van der Waals surface area contributed by atoms with Gasteiger partial charge in [-0.3, -0.25) is 9.59 Å². The summed E-state index contributed by atoms with van der Waals surface area (Å²) in [5.74, 6) is -1.82. The Balaban J connectivity index is 1.47. The lowest BCUT2D eigenvalue weighted by atomic mass is 10.0. The molecular formula is C19H15NO4. The largest absolute Gasteiger partial charge is 0.337 e. The van der Waals surface area contributed by atoms with Gasteiger partial charge in [0.05, 0.1) is 17.5 Å². The van der Waals surface area contributed by atoms with Crippen molar-refractivity contribution >= 4 is 17.8 Å². The van der Waals surface area contributed by atoms with Gasteiger partial charge in [0, 0.05) is 0 Å². The minimum Gasteiger partial charge on any atom is -0.329 e. The first-order valence-corrected chi connectivity index (χ1v) is 7.93. The number of carbonyl (C=O) groups excluding carboxylic acids is 3. The van der Waals surface area contributed by atoms with Gasteiger partial charge in [0.25, 0.3) is 11.8 Å². The quantitative estimate of drug-likeness (QED) is 0.815. The number of imide groups is 1. The van der Waals surface area contributed by atoms with E-state index in [1.165, 1.54) is 11.1 Å². The maximum Gasteiger partial charge on any atom is 0.337 e. The number of aryl methyl sites for hydroxylation is 2. The summed E-state index contributed by atoms with van der Waals surface area (Å²) in [5, 5.41) is 0.556. The number of rotatable bonds is 3. The van der Waals surface area contributed by atoms with Gasteiger partial charge in [-0.15, -0.1) is 0 Å². The van der Waals surface area contributed by atoms with E-state index in [1.54, 1.807) is 24.3 Å². The highest BCUT2D eigenvalue weighted by Gasteiger charge is 2.38. The second kappa shape index (κ2) is 5.60. The van der Waals surface area contributed by atoms with Crippen LogP contribution in [0, 0.1) is 0 Å². The molecule has 2 aromatic rings. The first kappa shape index (κ1) is 14.6. The van der Waals surface area contributed by atoms with Gasteiger partial charge < -0.3 is 4.84 Å². The second-order valence-corrected chi connectivity index (χ2v) is 6.05. The van der Waals surface area contributed by atoms with Crippen molar-refractivity contribution in [2.45, 2.75) is 25.7 Å². The summed E-state index contributed by atoms with van der Waals surface area (Å²) in [5.41, 5.74) is 3.94. The van der Waals surface area contributed by atoms with E-state index in [2.05, 4.69) is 0 Å². The highest BCUT2D eigenvalue weighted by atomic mass is 16.7. The standard InChI is InChI=1S/C19H15NO4/c21-17(11-12-8-9-13-4-3-5-14(13)10-12)24-20-18(22)15-6-1-2-7-16(15)19(20)23/h1-2,6-10H,3-5,11H2. The van der Waals surface area contributed by atoms with Crippen molar-refractivity contribution in [3.8, 4) is 0 Å². The lowest BCUT2D eigenvalue weighted by molar-refractivity contribution is -0.167. The lowest BCUT2D eigenvalue weighted by Crippen LogP contribution is -2.33. The van der Waals surface area contributed by atoms with Gasteiger partial charge in [-0.05, 0) is 48.1 Å². The third kappa shape index (κ3) is 2.38. The third-order valence-electron chi connectivity index (χ3n) is 4.46. The van der Waals surface area contributed by atoms with Crippen molar-refractivity contribution in [1.29, 1.82) is 0 Å². The zero-order chi connectivity index (χ0) is 16.7. The molecule has 2 aliphatic rings. The summed E-state index contributed by atoms with van der Waals surface area (Å²) in [6, 6.07) is 12.4. The molecule has 0 N–H and O–H groups in total. The van der Waals surface area contributed by atoms with Crippen molar-refractivity contribution in [2.75, 3.05) is 0 Å². The van der Waals surface area contributed by atoms with E-state index in [4.69, 9.17) is 4.84 Å². The van der Waals surface area contributed by atoms with Crippen molar-refractivity contribution < 1.29 is 19.2 Å². The number of hydroxylamine groups is 2. The number of amides is 2. The Hall–Kier alpha value is -2.95. The van der Waals surface area contributed by atoms with E-state index < -0.39 is 17.8 Å². The molecular weight excluding hydrogens is 306 g/mol. The number of carbonyl (C=O) groups is 3. The number of hydrogen-bond acceptors (Lipinski definition) is 4. The highest BCUT2D eigenvalue weighted by Crippen LogP contribution is 2.25. The van der Waals surface area contributed by atoms with E-state index in [0.29, 0.717) is 5.06 Å². The summed E-state index contributed by atoms with van der Waals surface area (Å²) in [4.78, 5) is 41.5. The molecule has 0 bridgehead atoms. The van der Waals surface area contributed by atoms with E-state index in [9.17, 15) is 14.4 Å². The Kier molecular flexibility index (Phi) is 3.41. The second-order valence-electron chi connectivity index (χ2n) is 6.05. The summed E-state index contributed by atoms with van der Waals surface area (Å²) < 4.78 is 0. The van der Waals surface area contributed by atoms with Crippen LogP contribution in [0.2, 0.25) is 0 Å². The fourth-order valence-corrected chi connectivity index (χ4v) is 3.29.